The maximum atomic E-state index is 11.4. The Labute approximate surface area is 140 Å². The first kappa shape index (κ1) is 20.7. The molecule has 25 heavy (non-hydrogen) atoms. The van der Waals surface area contributed by atoms with Crippen molar-refractivity contribution in [3.63, 3.8) is 0 Å². The maximum absolute atomic E-state index is 11.4. The van der Waals surface area contributed by atoms with Gasteiger partial charge in [-0.3, -0.25) is 13.9 Å². The lowest BCUT2D eigenvalue weighted by molar-refractivity contribution is -0.136. The third kappa shape index (κ3) is 4.37. The topological polar surface area (TPSA) is 191 Å². The molecule has 2 aromatic rings. The van der Waals surface area contributed by atoms with Crippen LogP contribution in [0.15, 0.2) is 15.9 Å². The number of carbonyl (C=O) groups is 1. The van der Waals surface area contributed by atoms with Crippen molar-refractivity contribution in [3.8, 4) is 0 Å². The number of nitrogens with zero attached hydrogens (tertiary/aromatic N) is 3. The highest BCUT2D eigenvalue weighted by Gasteiger charge is 2.29. The van der Waals surface area contributed by atoms with Gasteiger partial charge in [0.1, 0.15) is 29.9 Å². The van der Waals surface area contributed by atoms with E-state index in [1.165, 1.54) is 17.9 Å². The van der Waals surface area contributed by atoms with Gasteiger partial charge in [-0.05, 0) is 0 Å². The predicted molar refractivity (Wildman–Crippen MR) is 83.8 cm³/mol. The number of aryl methyl sites for hydroxylation is 1. The van der Waals surface area contributed by atoms with E-state index in [4.69, 9.17) is 25.5 Å². The van der Waals surface area contributed by atoms with Gasteiger partial charge in [-0.1, -0.05) is 0 Å². The van der Waals surface area contributed by atoms with Crippen LogP contribution in [0.1, 0.15) is 0 Å². The van der Waals surface area contributed by atoms with Gasteiger partial charge in [-0.15, -0.1) is 0 Å². The molecule has 0 aromatic carbocycles. The highest BCUT2D eigenvalue weighted by Crippen LogP contribution is 2.03. The number of aldehydes is 1. The van der Waals surface area contributed by atoms with Crippen LogP contribution in [-0.4, -0.2) is 81.9 Å². The molecule has 4 atom stereocenters. The minimum atomic E-state index is -1.79. The van der Waals surface area contributed by atoms with Crippen molar-refractivity contribution >= 4 is 17.5 Å². The monoisotopic (exact) mass is 360 g/mol. The number of imidazole rings is 1. The molecule has 0 saturated heterocycles. The average molecular weight is 360 g/mol. The molecule has 0 saturated carbocycles. The van der Waals surface area contributed by atoms with E-state index in [2.05, 4.69) is 9.97 Å². The molecule has 140 valence electrons. The van der Waals surface area contributed by atoms with Gasteiger partial charge in [-0.25, -0.2) is 9.78 Å². The molecule has 0 amide bonds. The Bertz CT molecular complexity index is 826. The van der Waals surface area contributed by atoms with E-state index in [9.17, 15) is 14.4 Å². The summed E-state index contributed by atoms with van der Waals surface area (Å²) in [4.78, 5) is 39.3. The zero-order chi connectivity index (χ0) is 19.3. The summed E-state index contributed by atoms with van der Waals surface area (Å²) in [5.41, 5.74) is 0.0119. The third-order valence-corrected chi connectivity index (χ3v) is 3.45. The minimum Gasteiger partial charge on any atom is -0.394 e. The Balaban J connectivity index is 0.000000252. The van der Waals surface area contributed by atoms with Crippen LogP contribution < -0.4 is 11.2 Å². The second-order valence-corrected chi connectivity index (χ2v) is 5.16. The quantitative estimate of drug-likeness (QED) is 0.286. The van der Waals surface area contributed by atoms with Gasteiger partial charge in [0.05, 0.1) is 12.9 Å². The Morgan fingerprint density at radius 3 is 2.28 bits per heavy atom. The number of aromatic nitrogens is 4. The molecule has 12 nitrogen and oxygen atoms in total. The van der Waals surface area contributed by atoms with Crippen molar-refractivity contribution < 1.29 is 30.3 Å². The normalized spacial score (nSPS) is 15.8. The number of aromatic amines is 1. The second kappa shape index (κ2) is 8.64. The van der Waals surface area contributed by atoms with E-state index in [1.54, 1.807) is 7.05 Å². The van der Waals surface area contributed by atoms with Crippen molar-refractivity contribution in [3.05, 3.63) is 27.2 Å². The molecule has 0 aliphatic carbocycles. The number of aliphatic hydroxyl groups is 5. The van der Waals surface area contributed by atoms with Gasteiger partial charge in [-0.2, -0.15) is 0 Å². The van der Waals surface area contributed by atoms with E-state index in [1.807, 2.05) is 0 Å². The number of hydrogen-bond acceptors (Lipinski definition) is 9. The molecule has 0 fully saturated rings. The first-order valence-corrected chi connectivity index (χ1v) is 7.04. The highest BCUT2D eigenvalue weighted by molar-refractivity contribution is 5.68. The van der Waals surface area contributed by atoms with E-state index < -0.39 is 31.0 Å². The Kier molecular flexibility index (Phi) is 7.14. The fraction of sp³-hybridized carbons (Fsp3) is 0.538. The van der Waals surface area contributed by atoms with Crippen molar-refractivity contribution in [2.75, 3.05) is 6.61 Å². The van der Waals surface area contributed by atoms with Crippen molar-refractivity contribution in [1.82, 2.24) is 19.1 Å². The first-order chi connectivity index (χ1) is 11.7. The zero-order valence-corrected chi connectivity index (χ0v) is 13.5. The number of aliphatic hydroxyl groups excluding tert-OH is 5. The minimum absolute atomic E-state index is 0.0258. The smallest absolute Gasteiger partial charge is 0.332 e. The fourth-order valence-corrected chi connectivity index (χ4v) is 1.89. The standard InChI is InChI=1S/C7H8N4O2.C6H12O6/c1-10-5-4(8-3-9-5)6(12)11(2)7(10)13;7-1-3(9)5(11)6(12)4(10)2-8/h3H,1-2H3,(H,8,9);1,3-6,8-12H,2H2/t;3-,4+,5+,6+/m.0/s1. The summed E-state index contributed by atoms with van der Waals surface area (Å²) in [6.45, 7) is -0.760. The van der Waals surface area contributed by atoms with Crippen molar-refractivity contribution in [2.24, 2.45) is 14.1 Å². The number of nitrogens with one attached hydrogen (secondary N) is 1. The Morgan fingerprint density at radius 2 is 1.76 bits per heavy atom. The van der Waals surface area contributed by atoms with Gasteiger partial charge in [0, 0.05) is 14.1 Å². The van der Waals surface area contributed by atoms with E-state index in [0.717, 1.165) is 4.57 Å². The Hall–Kier alpha value is -2.38. The molecule has 0 aliphatic rings. The molecular formula is C13H20N4O8. The van der Waals surface area contributed by atoms with Gasteiger partial charge in [0.25, 0.3) is 5.56 Å². The SMILES string of the molecule is Cn1c(=O)c2[nH]cnc2n(C)c1=O.O=C[C@H](O)[C@@H](O)[C@H](O)[C@H](O)CO. The lowest BCUT2D eigenvalue weighted by Gasteiger charge is -2.22. The molecule has 2 aromatic heterocycles. The van der Waals surface area contributed by atoms with Crippen LogP contribution in [0.2, 0.25) is 0 Å². The maximum Gasteiger partial charge on any atom is 0.332 e. The number of H-pyrrole nitrogens is 1. The van der Waals surface area contributed by atoms with Crippen molar-refractivity contribution in [2.45, 2.75) is 24.4 Å². The van der Waals surface area contributed by atoms with Gasteiger partial charge >= 0.3 is 5.69 Å². The molecule has 2 heterocycles. The van der Waals surface area contributed by atoms with Gasteiger partial charge in [0.2, 0.25) is 0 Å². The van der Waals surface area contributed by atoms with Crippen LogP contribution in [0, 0.1) is 0 Å². The number of hydrogen-bond donors (Lipinski definition) is 6. The number of carbonyl (C=O) groups excluding carboxylic acids is 1. The van der Waals surface area contributed by atoms with Gasteiger partial charge in [0.15, 0.2) is 11.9 Å². The summed E-state index contributed by atoms with van der Waals surface area (Å²) in [7, 11) is 3.01. The lowest BCUT2D eigenvalue weighted by atomic mass is 10.0. The summed E-state index contributed by atoms with van der Waals surface area (Å²) in [5.74, 6) is 0. The molecular weight excluding hydrogens is 340 g/mol. The predicted octanol–water partition coefficient (Wildman–Crippen LogP) is -4.42. The lowest BCUT2D eigenvalue weighted by Crippen LogP contribution is -2.46. The molecule has 2 rings (SSSR count). The molecule has 0 unspecified atom stereocenters. The largest absolute Gasteiger partial charge is 0.394 e. The van der Waals surface area contributed by atoms with Crippen LogP contribution in [0.3, 0.4) is 0 Å². The molecule has 0 radical (unpaired) electrons. The number of rotatable bonds is 5. The van der Waals surface area contributed by atoms with Crippen LogP contribution >= 0.6 is 0 Å². The van der Waals surface area contributed by atoms with Crippen molar-refractivity contribution in [1.29, 1.82) is 0 Å². The molecule has 12 heteroatoms. The van der Waals surface area contributed by atoms with Gasteiger partial charge < -0.3 is 35.3 Å². The summed E-state index contributed by atoms with van der Waals surface area (Å²) in [6, 6.07) is 0. The van der Waals surface area contributed by atoms with Crippen LogP contribution in [-0.2, 0) is 18.9 Å². The summed E-state index contributed by atoms with van der Waals surface area (Å²) < 4.78 is 2.37. The average Bonchev–Trinajstić information content (AvgIpc) is 3.12. The third-order valence-electron chi connectivity index (χ3n) is 3.45. The van der Waals surface area contributed by atoms with E-state index in [0.29, 0.717) is 11.2 Å². The van der Waals surface area contributed by atoms with Crippen LogP contribution in [0.4, 0.5) is 0 Å². The number of fused-ring (bicyclic) bond motifs is 1. The Morgan fingerprint density at radius 1 is 1.16 bits per heavy atom. The first-order valence-electron chi connectivity index (χ1n) is 7.04. The summed E-state index contributed by atoms with van der Waals surface area (Å²) >= 11 is 0. The molecule has 0 spiro atoms. The molecule has 0 aliphatic heterocycles. The molecule has 0 bridgehead atoms. The summed E-state index contributed by atoms with van der Waals surface area (Å²) in [6.07, 6.45) is -5.45. The van der Waals surface area contributed by atoms with Crippen LogP contribution in [0.5, 0.6) is 0 Å². The fourth-order valence-electron chi connectivity index (χ4n) is 1.89. The highest BCUT2D eigenvalue weighted by atomic mass is 16.4. The summed E-state index contributed by atoms with van der Waals surface area (Å²) in [5, 5.41) is 43.5. The van der Waals surface area contributed by atoms with E-state index >= 15 is 0 Å². The van der Waals surface area contributed by atoms with Crippen LogP contribution in [0.25, 0.3) is 11.2 Å². The molecule has 6 N–H and O–H groups in total. The van der Waals surface area contributed by atoms with E-state index in [-0.39, 0.29) is 17.5 Å². The second-order valence-electron chi connectivity index (χ2n) is 5.16. The zero-order valence-electron chi connectivity index (χ0n) is 13.5.